The fourth-order valence-corrected chi connectivity index (χ4v) is 5.27. The van der Waals surface area contributed by atoms with Gasteiger partial charge < -0.3 is 19.8 Å². The number of carbonyl (C=O) groups excluding carboxylic acids is 1. The monoisotopic (exact) mass is 508 g/mol. The molecule has 10 heteroatoms. The van der Waals surface area contributed by atoms with E-state index in [1.54, 1.807) is 31.2 Å². The molecule has 2 aromatic carbocycles. The van der Waals surface area contributed by atoms with E-state index in [1.807, 2.05) is 32.9 Å². The average Bonchev–Trinajstić information content (AvgIpc) is 3.31. The van der Waals surface area contributed by atoms with Crippen LogP contribution in [0.15, 0.2) is 51.8 Å². The van der Waals surface area contributed by atoms with Crippen molar-refractivity contribution >= 4 is 21.4 Å². The summed E-state index contributed by atoms with van der Waals surface area (Å²) in [6.07, 6.45) is 0. The Hall–Kier alpha value is -3.68. The van der Waals surface area contributed by atoms with Gasteiger partial charge in [-0.15, -0.1) is 16.1 Å². The molecule has 0 aliphatic carbocycles. The number of hydrogen-bond acceptors (Lipinski definition) is 8. The summed E-state index contributed by atoms with van der Waals surface area (Å²) < 4.78 is 37.5. The number of carbonyl (C=O) groups is 1. The molecule has 36 heavy (non-hydrogen) atoms. The van der Waals surface area contributed by atoms with Crippen LogP contribution in [0.5, 0.6) is 5.75 Å². The highest BCUT2D eigenvalue weighted by molar-refractivity contribution is 7.91. The lowest BCUT2D eigenvalue weighted by molar-refractivity contribution is -0.119. The van der Waals surface area contributed by atoms with Crippen molar-refractivity contribution in [2.45, 2.75) is 50.6 Å². The van der Waals surface area contributed by atoms with Gasteiger partial charge in [0.15, 0.2) is 9.84 Å². The number of hydrogen-bond donors (Lipinski definition) is 1. The van der Waals surface area contributed by atoms with Gasteiger partial charge in [0.2, 0.25) is 17.7 Å². The molecular formula is C26H28N4O5S. The van der Waals surface area contributed by atoms with Gasteiger partial charge in [0.1, 0.15) is 12.4 Å². The minimum absolute atomic E-state index is 0.0289. The molecule has 0 fully saturated rings. The van der Waals surface area contributed by atoms with Crippen LogP contribution in [0.3, 0.4) is 0 Å². The maximum absolute atomic E-state index is 13.3. The van der Waals surface area contributed by atoms with E-state index < -0.39 is 27.5 Å². The number of benzene rings is 2. The van der Waals surface area contributed by atoms with E-state index in [0.29, 0.717) is 17.2 Å². The fraction of sp³-hybridized carbons (Fsp3) is 0.346. The number of amides is 1. The average molecular weight is 509 g/mol. The molecule has 188 valence electrons. The van der Waals surface area contributed by atoms with Gasteiger partial charge in [0.05, 0.1) is 28.9 Å². The van der Waals surface area contributed by atoms with E-state index in [4.69, 9.17) is 14.9 Å². The zero-order valence-corrected chi connectivity index (χ0v) is 21.4. The smallest absolute Gasteiger partial charge is 0.247 e. The molecule has 0 unspecified atom stereocenters. The summed E-state index contributed by atoms with van der Waals surface area (Å²) in [5, 5.41) is 8.24. The third-order valence-electron chi connectivity index (χ3n) is 5.63. The summed E-state index contributed by atoms with van der Waals surface area (Å²) in [7, 11) is -3.81. The van der Waals surface area contributed by atoms with Crippen molar-refractivity contribution in [3.05, 3.63) is 53.9 Å². The van der Waals surface area contributed by atoms with Crippen molar-refractivity contribution in [1.82, 2.24) is 10.2 Å². The molecule has 4 rings (SSSR count). The van der Waals surface area contributed by atoms with Gasteiger partial charge in [-0.2, -0.15) is 0 Å². The van der Waals surface area contributed by atoms with E-state index in [1.165, 1.54) is 11.0 Å². The highest BCUT2D eigenvalue weighted by Gasteiger charge is 2.36. The summed E-state index contributed by atoms with van der Waals surface area (Å²) in [6, 6.07) is 10.6. The summed E-state index contributed by atoms with van der Waals surface area (Å²) in [5.41, 5.74) is 7.17. The molecule has 1 aliphatic rings. The molecule has 0 bridgehead atoms. The van der Waals surface area contributed by atoms with Gasteiger partial charge in [0.25, 0.3) is 0 Å². The summed E-state index contributed by atoms with van der Waals surface area (Å²) in [5.74, 6) is 5.94. The zero-order chi connectivity index (χ0) is 26.1. The SMILES string of the molecule is CC#CCOc1ccc(CN2C(=O)[C@@H](N)CS(=O)(=O)c3ccc(-c4nnc(C(C)(C)C)o4)cc32)cc1. The van der Waals surface area contributed by atoms with Crippen LogP contribution in [0, 0.1) is 11.8 Å². The summed E-state index contributed by atoms with van der Waals surface area (Å²) in [6.45, 7) is 7.97. The molecule has 0 saturated carbocycles. The van der Waals surface area contributed by atoms with Gasteiger partial charge in [-0.05, 0) is 42.8 Å². The molecule has 1 amide bonds. The lowest BCUT2D eigenvalue weighted by Gasteiger charge is -2.24. The molecule has 0 radical (unpaired) electrons. The van der Waals surface area contributed by atoms with Gasteiger partial charge in [-0.25, -0.2) is 8.42 Å². The van der Waals surface area contributed by atoms with Crippen LogP contribution < -0.4 is 15.4 Å². The molecule has 2 N–H and O–H groups in total. The standard InChI is InChI=1S/C26H28N4O5S/c1-5-6-13-34-19-10-7-17(8-11-19)15-30-21-14-18(23-28-29-25(35-23)26(2,3)4)9-12-22(21)36(32,33)16-20(27)24(30)31/h7-12,14,20H,13,15-16,27H2,1-4H3/t20-/m0/s1. The van der Waals surface area contributed by atoms with Gasteiger partial charge in [-0.1, -0.05) is 38.8 Å². The summed E-state index contributed by atoms with van der Waals surface area (Å²) in [4.78, 5) is 14.7. The Kier molecular flexibility index (Phi) is 6.89. The Bertz CT molecular complexity index is 1440. The highest BCUT2D eigenvalue weighted by atomic mass is 32.2. The van der Waals surface area contributed by atoms with Crippen LogP contribution in [0.1, 0.15) is 39.1 Å². The Morgan fingerprint density at radius 3 is 2.53 bits per heavy atom. The quantitative estimate of drug-likeness (QED) is 0.521. The van der Waals surface area contributed by atoms with Crippen molar-refractivity contribution in [2.24, 2.45) is 5.73 Å². The first kappa shape index (κ1) is 25.4. The Balaban J connectivity index is 1.74. The molecule has 2 heterocycles. The molecular weight excluding hydrogens is 480 g/mol. The van der Waals surface area contributed by atoms with Crippen molar-refractivity contribution in [2.75, 3.05) is 17.3 Å². The van der Waals surface area contributed by atoms with E-state index in [0.717, 1.165) is 5.56 Å². The Morgan fingerprint density at radius 2 is 1.89 bits per heavy atom. The molecule has 9 nitrogen and oxygen atoms in total. The maximum Gasteiger partial charge on any atom is 0.247 e. The van der Waals surface area contributed by atoms with E-state index in [-0.39, 0.29) is 35.0 Å². The van der Waals surface area contributed by atoms with Crippen LogP contribution in [0.4, 0.5) is 5.69 Å². The van der Waals surface area contributed by atoms with E-state index in [9.17, 15) is 13.2 Å². The van der Waals surface area contributed by atoms with Crippen LogP contribution in [0.2, 0.25) is 0 Å². The van der Waals surface area contributed by atoms with Crippen molar-refractivity contribution in [1.29, 1.82) is 0 Å². The maximum atomic E-state index is 13.3. The van der Waals surface area contributed by atoms with Crippen molar-refractivity contribution in [3.63, 3.8) is 0 Å². The number of nitrogens with two attached hydrogens (primary N) is 1. The molecule has 3 aromatic rings. The number of rotatable bonds is 5. The highest BCUT2D eigenvalue weighted by Crippen LogP contribution is 2.36. The second-order valence-electron chi connectivity index (χ2n) is 9.52. The second-order valence-corrected chi connectivity index (χ2v) is 11.5. The number of ether oxygens (including phenoxy) is 1. The van der Waals surface area contributed by atoms with Gasteiger partial charge in [0, 0.05) is 11.0 Å². The number of sulfone groups is 1. The number of anilines is 1. The third-order valence-corrected chi connectivity index (χ3v) is 7.45. The minimum Gasteiger partial charge on any atom is -0.481 e. The van der Waals surface area contributed by atoms with Crippen LogP contribution in [-0.2, 0) is 26.6 Å². The predicted octanol–water partition coefficient (Wildman–Crippen LogP) is 3.08. The van der Waals surface area contributed by atoms with E-state index in [2.05, 4.69) is 22.0 Å². The minimum atomic E-state index is -3.81. The lowest BCUT2D eigenvalue weighted by atomic mass is 9.97. The molecule has 1 aromatic heterocycles. The largest absolute Gasteiger partial charge is 0.481 e. The zero-order valence-electron chi connectivity index (χ0n) is 20.6. The molecule has 1 aliphatic heterocycles. The first-order valence-corrected chi connectivity index (χ1v) is 13.0. The van der Waals surface area contributed by atoms with Crippen LogP contribution >= 0.6 is 0 Å². The number of aromatic nitrogens is 2. The third kappa shape index (κ3) is 5.27. The van der Waals surface area contributed by atoms with E-state index >= 15 is 0 Å². The predicted molar refractivity (Wildman–Crippen MR) is 135 cm³/mol. The van der Waals surface area contributed by atoms with Crippen LogP contribution in [-0.4, -0.2) is 42.9 Å². The van der Waals surface area contributed by atoms with Gasteiger partial charge >= 0.3 is 0 Å². The Labute approximate surface area is 210 Å². The van der Waals surface area contributed by atoms with Crippen molar-refractivity contribution in [3.8, 4) is 29.0 Å². The fourth-order valence-electron chi connectivity index (χ4n) is 3.71. The molecule has 1 atom stereocenters. The van der Waals surface area contributed by atoms with Gasteiger partial charge in [-0.3, -0.25) is 4.79 Å². The second kappa shape index (κ2) is 9.76. The number of nitrogens with zero attached hydrogens (tertiary/aromatic N) is 3. The molecule has 0 spiro atoms. The lowest BCUT2D eigenvalue weighted by Crippen LogP contribution is -2.45. The first-order valence-electron chi connectivity index (χ1n) is 11.4. The Morgan fingerprint density at radius 1 is 1.17 bits per heavy atom. The van der Waals surface area contributed by atoms with Crippen LogP contribution in [0.25, 0.3) is 11.5 Å². The molecule has 0 saturated heterocycles. The number of fused-ring (bicyclic) bond motifs is 1. The summed E-state index contributed by atoms with van der Waals surface area (Å²) >= 11 is 0. The van der Waals surface area contributed by atoms with Crippen molar-refractivity contribution < 1.29 is 22.4 Å². The topological polar surface area (TPSA) is 129 Å². The normalized spacial score (nSPS) is 17.1. The first-order chi connectivity index (χ1) is 17.0.